The number of rotatable bonds is 3. The number of fused-ring (bicyclic) bond motifs is 1. The van der Waals surface area contributed by atoms with Crippen LogP contribution in [0, 0.1) is 17.1 Å². The predicted molar refractivity (Wildman–Crippen MR) is 82.3 cm³/mol. The molecule has 2 nitrogen and oxygen atoms in total. The van der Waals surface area contributed by atoms with Gasteiger partial charge in [-0.3, -0.25) is 0 Å². The summed E-state index contributed by atoms with van der Waals surface area (Å²) < 4.78 is 13.7. The highest BCUT2D eigenvalue weighted by Crippen LogP contribution is 2.24. The van der Waals surface area contributed by atoms with Crippen LogP contribution in [0.5, 0.6) is 0 Å². The van der Waals surface area contributed by atoms with Gasteiger partial charge < -0.3 is 5.32 Å². The Balaban J connectivity index is 1.95. The van der Waals surface area contributed by atoms with E-state index in [9.17, 15) is 9.65 Å². The standard InChI is InChI=1S/C18H13FN2/c19-16-7-3-4-8-17(16)21-18(12-20)15-10-9-13-5-1-2-6-14(13)11-15/h1-11,18,21H. The maximum atomic E-state index is 13.7. The first-order valence-corrected chi connectivity index (χ1v) is 6.67. The van der Waals surface area contributed by atoms with Crippen LogP contribution in [0.4, 0.5) is 10.1 Å². The van der Waals surface area contributed by atoms with Gasteiger partial charge in [-0.15, -0.1) is 0 Å². The number of para-hydroxylation sites is 1. The van der Waals surface area contributed by atoms with Crippen LogP contribution in [-0.4, -0.2) is 0 Å². The van der Waals surface area contributed by atoms with Crippen LogP contribution in [0.15, 0.2) is 66.7 Å². The lowest BCUT2D eigenvalue weighted by molar-refractivity contribution is 0.629. The van der Waals surface area contributed by atoms with Crippen molar-refractivity contribution in [3.8, 4) is 6.07 Å². The average molecular weight is 276 g/mol. The Bertz CT molecular complexity index is 821. The van der Waals surface area contributed by atoms with E-state index < -0.39 is 6.04 Å². The summed E-state index contributed by atoms with van der Waals surface area (Å²) >= 11 is 0. The molecule has 0 aromatic heterocycles. The van der Waals surface area contributed by atoms with Gasteiger partial charge in [0.2, 0.25) is 0 Å². The molecule has 0 saturated heterocycles. The molecule has 1 unspecified atom stereocenters. The quantitative estimate of drug-likeness (QED) is 0.755. The molecule has 0 fully saturated rings. The molecule has 0 saturated carbocycles. The molecule has 3 aromatic carbocycles. The number of nitrogens with one attached hydrogen (secondary N) is 1. The fourth-order valence-electron chi connectivity index (χ4n) is 2.31. The SMILES string of the molecule is N#CC(Nc1ccccc1F)c1ccc2ccccc2c1. The van der Waals surface area contributed by atoms with Gasteiger partial charge in [-0.05, 0) is 34.5 Å². The summed E-state index contributed by atoms with van der Waals surface area (Å²) in [7, 11) is 0. The molecule has 1 atom stereocenters. The minimum Gasteiger partial charge on any atom is -0.364 e. The van der Waals surface area contributed by atoms with Gasteiger partial charge in [0.1, 0.15) is 11.9 Å². The largest absolute Gasteiger partial charge is 0.364 e. The van der Waals surface area contributed by atoms with E-state index in [0.29, 0.717) is 5.69 Å². The number of halogens is 1. The lowest BCUT2D eigenvalue weighted by Crippen LogP contribution is -2.09. The van der Waals surface area contributed by atoms with Crippen LogP contribution in [0.25, 0.3) is 10.8 Å². The normalized spacial score (nSPS) is 11.8. The smallest absolute Gasteiger partial charge is 0.146 e. The summed E-state index contributed by atoms with van der Waals surface area (Å²) in [6.07, 6.45) is 0. The lowest BCUT2D eigenvalue weighted by atomic mass is 10.0. The van der Waals surface area contributed by atoms with Crippen molar-refractivity contribution < 1.29 is 4.39 Å². The monoisotopic (exact) mass is 276 g/mol. The fraction of sp³-hybridized carbons (Fsp3) is 0.0556. The minimum atomic E-state index is -0.591. The van der Waals surface area contributed by atoms with Crippen LogP contribution in [0.2, 0.25) is 0 Å². The molecule has 0 aliphatic rings. The van der Waals surface area contributed by atoms with Gasteiger partial charge in [0.25, 0.3) is 0 Å². The maximum Gasteiger partial charge on any atom is 0.146 e. The molecule has 0 aliphatic heterocycles. The second-order valence-corrected chi connectivity index (χ2v) is 4.79. The van der Waals surface area contributed by atoms with Crippen LogP contribution in [0.3, 0.4) is 0 Å². The number of benzene rings is 3. The van der Waals surface area contributed by atoms with Crippen molar-refractivity contribution in [1.82, 2.24) is 0 Å². The van der Waals surface area contributed by atoms with E-state index in [2.05, 4.69) is 11.4 Å². The third-order valence-corrected chi connectivity index (χ3v) is 3.41. The molecule has 0 aliphatic carbocycles. The number of anilines is 1. The summed E-state index contributed by atoms with van der Waals surface area (Å²) in [5.41, 5.74) is 1.15. The third kappa shape index (κ3) is 2.70. The number of hydrogen-bond acceptors (Lipinski definition) is 2. The number of hydrogen-bond donors (Lipinski definition) is 1. The Labute approximate surface area is 122 Å². The Morgan fingerprint density at radius 1 is 0.905 bits per heavy atom. The lowest BCUT2D eigenvalue weighted by Gasteiger charge is -2.14. The fourth-order valence-corrected chi connectivity index (χ4v) is 2.31. The van der Waals surface area contributed by atoms with Gasteiger partial charge in [-0.1, -0.05) is 48.5 Å². The van der Waals surface area contributed by atoms with E-state index in [1.165, 1.54) is 6.07 Å². The molecule has 3 heteroatoms. The Hall–Kier alpha value is -2.86. The van der Waals surface area contributed by atoms with Gasteiger partial charge in [-0.25, -0.2) is 4.39 Å². The summed E-state index contributed by atoms with van der Waals surface area (Å²) in [5, 5.41) is 14.5. The van der Waals surface area contributed by atoms with Crippen LogP contribution in [0.1, 0.15) is 11.6 Å². The van der Waals surface area contributed by atoms with Crippen molar-refractivity contribution in [3.05, 3.63) is 78.1 Å². The molecule has 3 aromatic rings. The zero-order chi connectivity index (χ0) is 14.7. The van der Waals surface area contributed by atoms with E-state index in [0.717, 1.165) is 16.3 Å². The number of nitrogens with zero attached hydrogens (tertiary/aromatic N) is 1. The average Bonchev–Trinajstić information content (AvgIpc) is 2.54. The molecule has 102 valence electrons. The van der Waals surface area contributed by atoms with Crippen LogP contribution in [-0.2, 0) is 0 Å². The highest BCUT2D eigenvalue weighted by molar-refractivity contribution is 5.83. The molecule has 0 amide bonds. The molecular weight excluding hydrogens is 263 g/mol. The molecule has 0 radical (unpaired) electrons. The van der Waals surface area contributed by atoms with Gasteiger partial charge >= 0.3 is 0 Å². The van der Waals surface area contributed by atoms with Crippen LogP contribution < -0.4 is 5.32 Å². The summed E-state index contributed by atoms with van der Waals surface area (Å²) in [4.78, 5) is 0. The van der Waals surface area contributed by atoms with Crippen molar-refractivity contribution in [3.63, 3.8) is 0 Å². The molecular formula is C18H13FN2. The van der Waals surface area contributed by atoms with E-state index in [1.807, 2.05) is 42.5 Å². The van der Waals surface area contributed by atoms with E-state index in [1.54, 1.807) is 18.2 Å². The van der Waals surface area contributed by atoms with Crippen molar-refractivity contribution in [1.29, 1.82) is 5.26 Å². The second-order valence-electron chi connectivity index (χ2n) is 4.79. The highest BCUT2D eigenvalue weighted by Gasteiger charge is 2.12. The number of nitriles is 1. The minimum absolute atomic E-state index is 0.331. The molecule has 0 bridgehead atoms. The zero-order valence-electron chi connectivity index (χ0n) is 11.3. The van der Waals surface area contributed by atoms with Crippen molar-refractivity contribution in [2.75, 3.05) is 5.32 Å². The molecule has 1 N–H and O–H groups in total. The van der Waals surface area contributed by atoms with E-state index >= 15 is 0 Å². The van der Waals surface area contributed by atoms with Gasteiger partial charge in [0, 0.05) is 0 Å². The molecule has 3 rings (SSSR count). The maximum absolute atomic E-state index is 13.7. The first-order valence-electron chi connectivity index (χ1n) is 6.67. The molecule has 0 heterocycles. The first-order chi connectivity index (χ1) is 10.3. The van der Waals surface area contributed by atoms with E-state index in [-0.39, 0.29) is 5.82 Å². The molecule has 0 spiro atoms. The van der Waals surface area contributed by atoms with Gasteiger partial charge in [-0.2, -0.15) is 5.26 Å². The second kappa shape index (κ2) is 5.64. The topological polar surface area (TPSA) is 35.8 Å². The Morgan fingerprint density at radius 2 is 1.62 bits per heavy atom. The Morgan fingerprint density at radius 3 is 2.38 bits per heavy atom. The molecule has 21 heavy (non-hydrogen) atoms. The van der Waals surface area contributed by atoms with Gasteiger partial charge in [0.15, 0.2) is 0 Å². The summed E-state index contributed by atoms with van der Waals surface area (Å²) in [5.74, 6) is -0.362. The highest BCUT2D eigenvalue weighted by atomic mass is 19.1. The summed E-state index contributed by atoms with van der Waals surface area (Å²) in [6, 6.07) is 21.7. The zero-order valence-corrected chi connectivity index (χ0v) is 11.3. The first kappa shape index (κ1) is 13.1. The summed E-state index contributed by atoms with van der Waals surface area (Å²) in [6.45, 7) is 0. The van der Waals surface area contributed by atoms with Crippen molar-refractivity contribution in [2.45, 2.75) is 6.04 Å². The Kier molecular flexibility index (Phi) is 3.53. The third-order valence-electron chi connectivity index (χ3n) is 3.41. The van der Waals surface area contributed by atoms with Crippen molar-refractivity contribution >= 4 is 16.5 Å². The van der Waals surface area contributed by atoms with Crippen LogP contribution >= 0.6 is 0 Å². The van der Waals surface area contributed by atoms with E-state index in [4.69, 9.17) is 0 Å². The predicted octanol–water partition coefficient (Wildman–Crippen LogP) is 4.66. The van der Waals surface area contributed by atoms with Gasteiger partial charge in [0.05, 0.1) is 11.8 Å². The van der Waals surface area contributed by atoms with Crippen molar-refractivity contribution in [2.24, 2.45) is 0 Å².